The number of rotatable bonds is 5. The van der Waals surface area contributed by atoms with Crippen molar-refractivity contribution in [2.45, 2.75) is 24.5 Å². The third kappa shape index (κ3) is 4.85. The summed E-state index contributed by atoms with van der Waals surface area (Å²) in [6, 6.07) is 17.7. The molecule has 13 heteroatoms. The van der Waals surface area contributed by atoms with Gasteiger partial charge in [-0.05, 0) is 42.0 Å². The summed E-state index contributed by atoms with van der Waals surface area (Å²) in [4.78, 5) is 53.0. The van der Waals surface area contributed by atoms with Crippen molar-refractivity contribution in [2.75, 3.05) is 24.1 Å². The molecular formula is C29H25ClN6O6. The Kier molecular flexibility index (Phi) is 6.70. The average molecular weight is 589 g/mol. The van der Waals surface area contributed by atoms with Crippen LogP contribution in [0.25, 0.3) is 10.9 Å². The molecule has 2 atom stereocenters. The van der Waals surface area contributed by atoms with Crippen LogP contribution in [-0.4, -0.2) is 62.9 Å². The van der Waals surface area contributed by atoms with E-state index in [-0.39, 0.29) is 42.3 Å². The predicted octanol–water partition coefficient (Wildman–Crippen LogP) is 3.83. The van der Waals surface area contributed by atoms with E-state index in [1.54, 1.807) is 23.1 Å². The number of nitrogens with one attached hydrogen (secondary N) is 2. The van der Waals surface area contributed by atoms with E-state index in [9.17, 15) is 24.3 Å². The maximum atomic E-state index is 14.0. The van der Waals surface area contributed by atoms with E-state index in [1.807, 2.05) is 30.3 Å². The molecule has 2 aliphatic rings. The van der Waals surface area contributed by atoms with Crippen molar-refractivity contribution < 1.29 is 29.0 Å². The molecule has 214 valence electrons. The van der Waals surface area contributed by atoms with Crippen LogP contribution in [0.1, 0.15) is 27.9 Å². The second-order valence-electron chi connectivity index (χ2n) is 10.2. The number of carboxylic acid groups (broad SMARTS) is 1. The van der Waals surface area contributed by atoms with Gasteiger partial charge < -0.3 is 25.8 Å². The molecule has 0 unspecified atom stereocenters. The molecule has 3 amide bonds. The fraction of sp³-hybridized carbons (Fsp3) is 0.207. The lowest BCUT2D eigenvalue weighted by atomic mass is 9.90. The summed E-state index contributed by atoms with van der Waals surface area (Å²) in [6.07, 6.45) is -1.43. The van der Waals surface area contributed by atoms with Crippen LogP contribution < -0.4 is 16.4 Å². The van der Waals surface area contributed by atoms with E-state index in [4.69, 9.17) is 22.1 Å². The fourth-order valence-electron chi connectivity index (χ4n) is 5.58. The summed E-state index contributed by atoms with van der Waals surface area (Å²) in [5, 5.41) is 19.6. The molecule has 6 rings (SSSR count). The van der Waals surface area contributed by atoms with Gasteiger partial charge in [0.1, 0.15) is 6.04 Å². The summed E-state index contributed by atoms with van der Waals surface area (Å²) in [7, 11) is 0. The van der Waals surface area contributed by atoms with Gasteiger partial charge in [-0.2, -0.15) is 4.68 Å². The van der Waals surface area contributed by atoms with Gasteiger partial charge in [0.25, 0.3) is 5.91 Å². The van der Waals surface area contributed by atoms with Crippen molar-refractivity contribution in [2.24, 2.45) is 0 Å². The summed E-state index contributed by atoms with van der Waals surface area (Å²) in [5.41, 5.74) is 7.09. The largest absolute Gasteiger partial charge is 0.463 e. The Bertz CT molecular complexity index is 1760. The summed E-state index contributed by atoms with van der Waals surface area (Å²) in [5.74, 6) is -0.925. The van der Waals surface area contributed by atoms with Crippen molar-refractivity contribution >= 4 is 58.0 Å². The maximum Gasteiger partial charge on any atom is 0.432 e. The van der Waals surface area contributed by atoms with Crippen LogP contribution in [0.3, 0.4) is 0 Å². The van der Waals surface area contributed by atoms with Gasteiger partial charge >= 0.3 is 12.2 Å². The second-order valence-corrected chi connectivity index (χ2v) is 10.7. The van der Waals surface area contributed by atoms with E-state index in [1.165, 1.54) is 18.2 Å². The number of carbonyl (C=O) groups is 4. The number of benzene rings is 3. The van der Waals surface area contributed by atoms with Crippen LogP contribution in [0.15, 0.2) is 66.7 Å². The molecule has 42 heavy (non-hydrogen) atoms. The highest BCUT2D eigenvalue weighted by Gasteiger charge is 2.49. The Balaban J connectivity index is 1.29. The number of aromatic nitrogens is 2. The van der Waals surface area contributed by atoms with Gasteiger partial charge in [0.05, 0.1) is 17.7 Å². The number of amides is 3. The Hall–Kier alpha value is -5.10. The first-order chi connectivity index (χ1) is 20.1. The SMILES string of the molecule is Nc1nn(C(=O)O)c2cc(C(=O)N[C@@H](Cc3ccccc3)C(=O)N3CC[C@@]4(C3)OC(=O)Nc3ccc(Cl)cc34)ccc12. The number of fused-ring (bicyclic) bond motifs is 3. The van der Waals surface area contributed by atoms with E-state index >= 15 is 0 Å². The number of hydrogen-bond donors (Lipinski definition) is 4. The Morgan fingerprint density at radius 2 is 1.93 bits per heavy atom. The van der Waals surface area contributed by atoms with Gasteiger partial charge in [0.15, 0.2) is 11.4 Å². The molecule has 1 saturated heterocycles. The van der Waals surface area contributed by atoms with E-state index in [0.717, 1.165) is 5.56 Å². The lowest BCUT2D eigenvalue weighted by molar-refractivity contribution is -0.133. The zero-order valence-electron chi connectivity index (χ0n) is 22.0. The minimum absolute atomic E-state index is 0.0147. The van der Waals surface area contributed by atoms with Crippen LogP contribution in [-0.2, 0) is 21.6 Å². The van der Waals surface area contributed by atoms with Crippen LogP contribution in [0.4, 0.5) is 21.1 Å². The van der Waals surface area contributed by atoms with E-state index in [2.05, 4.69) is 15.7 Å². The lowest BCUT2D eigenvalue weighted by Crippen LogP contribution is -2.50. The van der Waals surface area contributed by atoms with Gasteiger partial charge in [0.2, 0.25) is 5.91 Å². The molecule has 4 aromatic rings. The molecule has 1 aromatic heterocycles. The molecule has 0 radical (unpaired) electrons. The summed E-state index contributed by atoms with van der Waals surface area (Å²) in [6.45, 7) is 0.360. The minimum Gasteiger partial charge on any atom is -0.463 e. The second kappa shape index (κ2) is 10.4. The van der Waals surface area contributed by atoms with Crippen molar-refractivity contribution in [3.8, 4) is 0 Å². The maximum absolute atomic E-state index is 14.0. The van der Waals surface area contributed by atoms with Gasteiger partial charge in [-0.25, -0.2) is 9.59 Å². The molecule has 2 aliphatic heterocycles. The van der Waals surface area contributed by atoms with Gasteiger partial charge in [-0.1, -0.05) is 41.9 Å². The van der Waals surface area contributed by atoms with E-state index < -0.39 is 29.7 Å². The van der Waals surface area contributed by atoms with Crippen molar-refractivity contribution in [3.05, 3.63) is 88.4 Å². The van der Waals surface area contributed by atoms with E-state index in [0.29, 0.717) is 32.8 Å². The highest BCUT2D eigenvalue weighted by Crippen LogP contribution is 2.44. The van der Waals surface area contributed by atoms with Crippen LogP contribution in [0.2, 0.25) is 5.02 Å². The highest BCUT2D eigenvalue weighted by molar-refractivity contribution is 6.30. The number of carbonyl (C=O) groups excluding carboxylic acids is 3. The molecule has 1 spiro atoms. The van der Waals surface area contributed by atoms with Gasteiger partial charge in [-0.3, -0.25) is 14.9 Å². The molecule has 0 aliphatic carbocycles. The summed E-state index contributed by atoms with van der Waals surface area (Å²) < 4.78 is 6.46. The summed E-state index contributed by atoms with van der Waals surface area (Å²) >= 11 is 6.25. The molecular weight excluding hydrogens is 564 g/mol. The normalized spacial score (nSPS) is 18.3. The molecule has 0 bridgehead atoms. The lowest BCUT2D eigenvalue weighted by Gasteiger charge is -2.35. The van der Waals surface area contributed by atoms with Crippen LogP contribution in [0.5, 0.6) is 0 Å². The van der Waals surface area contributed by atoms with Gasteiger partial charge in [-0.15, -0.1) is 5.10 Å². The number of nitrogen functional groups attached to an aromatic ring is 1. The Morgan fingerprint density at radius 3 is 2.69 bits per heavy atom. The number of hydrogen-bond acceptors (Lipinski definition) is 7. The molecule has 0 saturated carbocycles. The van der Waals surface area contributed by atoms with Crippen LogP contribution >= 0.6 is 11.6 Å². The monoisotopic (exact) mass is 588 g/mol. The number of halogens is 1. The topological polar surface area (TPSA) is 169 Å². The smallest absolute Gasteiger partial charge is 0.432 e. The highest BCUT2D eigenvalue weighted by atomic mass is 35.5. The molecule has 3 heterocycles. The number of anilines is 2. The van der Waals surface area contributed by atoms with Crippen molar-refractivity contribution in [3.63, 3.8) is 0 Å². The quantitative estimate of drug-likeness (QED) is 0.273. The first-order valence-electron chi connectivity index (χ1n) is 13.1. The van der Waals surface area contributed by atoms with Crippen molar-refractivity contribution in [1.82, 2.24) is 20.0 Å². The Morgan fingerprint density at radius 1 is 1.14 bits per heavy atom. The Labute approximate surface area is 244 Å². The third-order valence-electron chi connectivity index (χ3n) is 7.58. The molecule has 3 aromatic carbocycles. The van der Waals surface area contributed by atoms with Gasteiger partial charge in [0, 0.05) is 40.9 Å². The number of likely N-dealkylation sites (tertiary alicyclic amines) is 1. The third-order valence-corrected chi connectivity index (χ3v) is 7.81. The zero-order valence-corrected chi connectivity index (χ0v) is 22.8. The predicted molar refractivity (Wildman–Crippen MR) is 153 cm³/mol. The number of nitrogens with zero attached hydrogens (tertiary/aromatic N) is 3. The molecule has 1 fully saturated rings. The standard InChI is InChI=1S/C29H25ClN6O6/c30-18-7-9-21-20(14-18)29(42-27(39)33-21)10-11-35(15-29)26(38)22(12-16-4-2-1-3-5-16)32-25(37)17-6-8-19-23(13-17)36(28(40)41)34-24(19)31/h1-9,13-14,22H,10-12,15H2,(H2,31,34)(H,32,37)(H,33,39)(H,40,41)/t22-,29-/m0/s1. The zero-order chi connectivity index (χ0) is 29.6. The molecule has 5 N–H and O–H groups in total. The molecule has 12 nitrogen and oxygen atoms in total. The number of nitrogens with two attached hydrogens (primary N) is 1. The minimum atomic E-state index is -1.35. The number of ether oxygens (including phenoxy) is 1. The van der Waals surface area contributed by atoms with Crippen LogP contribution in [0, 0.1) is 0 Å². The average Bonchev–Trinajstić information content (AvgIpc) is 3.54. The van der Waals surface area contributed by atoms with Crippen molar-refractivity contribution in [1.29, 1.82) is 0 Å². The first kappa shape index (κ1) is 27.1. The first-order valence-corrected chi connectivity index (χ1v) is 13.5. The fourth-order valence-corrected chi connectivity index (χ4v) is 5.75.